The molecule has 1 aliphatic rings. The van der Waals surface area contributed by atoms with E-state index in [0.717, 1.165) is 6.42 Å². The van der Waals surface area contributed by atoms with Gasteiger partial charge in [0.1, 0.15) is 5.79 Å². The lowest BCUT2D eigenvalue weighted by Gasteiger charge is -2.51. The third kappa shape index (κ3) is 1.92. The van der Waals surface area contributed by atoms with Crippen LogP contribution in [0.4, 0.5) is 0 Å². The van der Waals surface area contributed by atoms with Crippen molar-refractivity contribution in [3.05, 3.63) is 0 Å². The van der Waals surface area contributed by atoms with E-state index in [-0.39, 0.29) is 8.96 Å². The second-order valence-electron chi connectivity index (χ2n) is 6.14. The maximum atomic E-state index is 12.6. The van der Waals surface area contributed by atoms with E-state index in [9.17, 15) is 5.21 Å². The quantitative estimate of drug-likeness (QED) is 0.394. The second kappa shape index (κ2) is 4.82. The second-order valence-corrected chi connectivity index (χ2v) is 7.99. The lowest BCUT2D eigenvalue weighted by molar-refractivity contribution is -0.248. The highest BCUT2D eigenvalue weighted by molar-refractivity contribution is 14.1. The average Bonchev–Trinajstić information content (AvgIpc) is 2.41. The zero-order valence-corrected chi connectivity index (χ0v) is 14.6. The zero-order chi connectivity index (χ0) is 14.4. The molecule has 1 atom stereocenters. The summed E-state index contributed by atoms with van der Waals surface area (Å²) in [6.07, 6.45) is 0.791. The molecule has 0 aromatic heterocycles. The molecule has 0 bridgehead atoms. The fourth-order valence-corrected chi connectivity index (χ4v) is 5.32. The molecule has 0 amide bonds. The number of hydrogen-bond acceptors (Lipinski definition) is 4. The van der Waals surface area contributed by atoms with E-state index in [1.807, 2.05) is 48.8 Å². The molecule has 1 rings (SSSR count). The molecule has 0 aliphatic carbocycles. The first kappa shape index (κ1) is 16.6. The van der Waals surface area contributed by atoms with Gasteiger partial charge in [-0.05, 0) is 55.3 Å². The summed E-state index contributed by atoms with van der Waals surface area (Å²) in [6.45, 7) is 8.05. The summed E-state index contributed by atoms with van der Waals surface area (Å²) in [5.41, 5.74) is -0.868. The predicted molar refractivity (Wildman–Crippen MR) is 82.0 cm³/mol. The van der Waals surface area contributed by atoms with Gasteiger partial charge in [-0.25, -0.2) is 0 Å². The van der Waals surface area contributed by atoms with Crippen LogP contribution in [0.2, 0.25) is 0 Å². The minimum absolute atomic E-state index is 0.290. The normalized spacial score (nSPS) is 31.8. The monoisotopic (exact) mass is 369 g/mol. The predicted octanol–water partition coefficient (Wildman–Crippen LogP) is 1.08. The lowest BCUT2D eigenvalue weighted by atomic mass is 9.80. The lowest BCUT2D eigenvalue weighted by Crippen LogP contribution is -2.78. The molecule has 1 aliphatic heterocycles. The smallest absolute Gasteiger partial charge is 0.139 e. The van der Waals surface area contributed by atoms with Gasteiger partial charge in [-0.2, -0.15) is 0 Å². The van der Waals surface area contributed by atoms with Crippen LogP contribution in [-0.4, -0.2) is 46.5 Å². The van der Waals surface area contributed by atoms with E-state index in [1.54, 1.807) is 0 Å². The van der Waals surface area contributed by atoms with E-state index < -0.39 is 11.3 Å². The Labute approximate surface area is 124 Å². The maximum Gasteiger partial charge on any atom is 0.139 e. The summed E-state index contributed by atoms with van der Waals surface area (Å²) in [7, 11) is 5.72. The summed E-state index contributed by atoms with van der Waals surface area (Å²) in [5, 5.41) is 23.8. The van der Waals surface area contributed by atoms with Gasteiger partial charge in [0, 0.05) is 5.54 Å². The average molecular weight is 369 g/mol. The van der Waals surface area contributed by atoms with Gasteiger partial charge in [0.05, 0.1) is 8.96 Å². The molecule has 3 N–H and O–H groups in total. The number of nitrogens with one attached hydrogen (secondary N) is 3. The summed E-state index contributed by atoms with van der Waals surface area (Å²) in [4.78, 5) is 0. The van der Waals surface area contributed by atoms with Gasteiger partial charge in [0.2, 0.25) is 0 Å². The Morgan fingerprint density at radius 2 is 1.44 bits per heavy atom. The molecule has 5 nitrogen and oxygen atoms in total. The molecule has 18 heavy (non-hydrogen) atoms. The third-order valence-corrected chi connectivity index (χ3v) is 6.93. The van der Waals surface area contributed by atoms with Gasteiger partial charge in [-0.1, -0.05) is 22.6 Å². The van der Waals surface area contributed by atoms with Gasteiger partial charge in [0.15, 0.2) is 0 Å². The summed E-state index contributed by atoms with van der Waals surface area (Å²) in [5.74, 6) is -0.493. The van der Waals surface area contributed by atoms with Crippen LogP contribution in [-0.2, 0) is 5.21 Å². The molecule has 107 valence electrons. The molecule has 1 heterocycles. The molecule has 1 fully saturated rings. The number of alkyl halides is 1. The molecule has 1 unspecified atom stereocenters. The standard InChI is InChI=1S/C12H26IN4O/c1-9(2)8-11(13,10(3,4)17(9)18)12(14-5,15-6)16-7/h14-16H,8H2,1-7H3. The highest BCUT2D eigenvalue weighted by Gasteiger charge is 2.68. The fourth-order valence-electron chi connectivity index (χ4n) is 3.36. The van der Waals surface area contributed by atoms with Crippen LogP contribution in [0.1, 0.15) is 34.1 Å². The summed E-state index contributed by atoms with van der Waals surface area (Å²) < 4.78 is -0.290. The largest absolute Gasteiger partial charge is 0.289 e. The van der Waals surface area contributed by atoms with E-state index in [0.29, 0.717) is 0 Å². The zero-order valence-electron chi connectivity index (χ0n) is 12.4. The van der Waals surface area contributed by atoms with Crippen molar-refractivity contribution in [3.63, 3.8) is 0 Å². The first-order valence-electron chi connectivity index (χ1n) is 6.28. The Balaban J connectivity index is 3.36. The van der Waals surface area contributed by atoms with E-state index in [1.165, 1.54) is 5.06 Å². The van der Waals surface area contributed by atoms with Crippen LogP contribution < -0.4 is 16.0 Å². The van der Waals surface area contributed by atoms with Crippen molar-refractivity contribution in [1.29, 1.82) is 0 Å². The number of rotatable bonds is 4. The van der Waals surface area contributed by atoms with Crippen molar-refractivity contribution in [1.82, 2.24) is 21.0 Å². The highest BCUT2D eigenvalue weighted by atomic mass is 127. The molecular formula is C12H26IN4O. The Morgan fingerprint density at radius 1 is 1.06 bits per heavy atom. The minimum Gasteiger partial charge on any atom is -0.289 e. The Hall–Kier alpha value is 0.530. The van der Waals surface area contributed by atoms with Gasteiger partial charge >= 0.3 is 0 Å². The molecule has 1 radical (unpaired) electrons. The Kier molecular flexibility index (Phi) is 4.44. The molecule has 6 heteroatoms. The molecule has 0 aromatic carbocycles. The molecule has 0 spiro atoms. The Bertz CT molecular complexity index is 309. The third-order valence-electron chi connectivity index (χ3n) is 4.42. The van der Waals surface area contributed by atoms with E-state index in [4.69, 9.17) is 0 Å². The maximum absolute atomic E-state index is 12.6. The topological polar surface area (TPSA) is 59.2 Å². The fraction of sp³-hybridized carbons (Fsp3) is 1.00. The van der Waals surface area contributed by atoms with Gasteiger partial charge < -0.3 is 0 Å². The first-order valence-corrected chi connectivity index (χ1v) is 7.35. The van der Waals surface area contributed by atoms with E-state index >= 15 is 0 Å². The van der Waals surface area contributed by atoms with Crippen LogP contribution in [0.25, 0.3) is 0 Å². The van der Waals surface area contributed by atoms with Gasteiger partial charge in [-0.3, -0.25) is 16.0 Å². The molecule has 1 saturated heterocycles. The summed E-state index contributed by atoms with van der Waals surface area (Å²) >= 11 is 2.43. The van der Waals surface area contributed by atoms with E-state index in [2.05, 4.69) is 38.5 Å². The van der Waals surface area contributed by atoms with Crippen molar-refractivity contribution >= 4 is 22.6 Å². The van der Waals surface area contributed by atoms with Crippen LogP contribution in [0.5, 0.6) is 0 Å². The first-order chi connectivity index (χ1) is 8.04. The SMILES string of the molecule is CNC(NC)(NC)C1(I)CC(C)(C)N([O])C1(C)C. The molecule has 0 aromatic rings. The molecular weight excluding hydrogens is 343 g/mol. The van der Waals surface area contributed by atoms with Crippen molar-refractivity contribution < 1.29 is 5.21 Å². The van der Waals surface area contributed by atoms with Crippen LogP contribution >= 0.6 is 22.6 Å². The van der Waals surface area contributed by atoms with Gasteiger partial charge in [-0.15, -0.1) is 10.3 Å². The van der Waals surface area contributed by atoms with Crippen LogP contribution in [0.3, 0.4) is 0 Å². The van der Waals surface area contributed by atoms with Gasteiger partial charge in [0.25, 0.3) is 0 Å². The summed E-state index contributed by atoms with van der Waals surface area (Å²) in [6, 6.07) is 0. The van der Waals surface area contributed by atoms with Crippen molar-refractivity contribution in [2.75, 3.05) is 21.1 Å². The number of hydrogen-bond donors (Lipinski definition) is 3. The molecule has 0 saturated carbocycles. The van der Waals surface area contributed by atoms with Crippen molar-refractivity contribution in [3.8, 4) is 0 Å². The van der Waals surface area contributed by atoms with Crippen LogP contribution in [0, 0.1) is 0 Å². The number of hydroxylamine groups is 2. The Morgan fingerprint density at radius 3 is 1.67 bits per heavy atom. The van der Waals surface area contributed by atoms with Crippen LogP contribution in [0.15, 0.2) is 0 Å². The minimum atomic E-state index is -0.494. The van der Waals surface area contributed by atoms with Crippen molar-refractivity contribution in [2.45, 2.75) is 54.4 Å². The number of halogens is 1. The highest BCUT2D eigenvalue weighted by Crippen LogP contribution is 2.55. The van der Waals surface area contributed by atoms with Crippen molar-refractivity contribution in [2.24, 2.45) is 0 Å². The number of nitrogens with zero attached hydrogens (tertiary/aromatic N) is 1.